The van der Waals surface area contributed by atoms with Crippen molar-refractivity contribution in [2.75, 3.05) is 20.1 Å². The molecule has 0 bridgehead atoms. The molecule has 2 heteroatoms. The van der Waals surface area contributed by atoms with E-state index in [4.69, 9.17) is 0 Å². The topological polar surface area (TPSA) is 15.3 Å². The molecule has 1 heterocycles. The van der Waals surface area contributed by atoms with Gasteiger partial charge in [-0.2, -0.15) is 0 Å². The zero-order valence-corrected chi connectivity index (χ0v) is 13.2. The molecule has 3 aliphatic rings. The third-order valence-corrected chi connectivity index (χ3v) is 5.59. The second kappa shape index (κ2) is 5.73. The first-order valence-corrected chi connectivity index (χ1v) is 8.85. The summed E-state index contributed by atoms with van der Waals surface area (Å²) < 4.78 is 0. The fraction of sp³-hybridized carbons (Fsp3) is 0.684. The number of benzene rings is 1. The van der Waals surface area contributed by atoms with Crippen molar-refractivity contribution in [2.45, 2.75) is 56.5 Å². The first-order chi connectivity index (χ1) is 10.3. The number of nitrogens with one attached hydrogen (secondary N) is 1. The van der Waals surface area contributed by atoms with E-state index in [2.05, 4.69) is 41.5 Å². The van der Waals surface area contributed by atoms with Crippen LogP contribution in [0.25, 0.3) is 0 Å². The number of hydrogen-bond donors (Lipinski definition) is 1. The van der Waals surface area contributed by atoms with E-state index in [1.807, 2.05) is 0 Å². The van der Waals surface area contributed by atoms with Gasteiger partial charge in [0.05, 0.1) is 0 Å². The first kappa shape index (κ1) is 13.8. The standard InChI is InChI=1S/C19H28N2/c1-21-12-4-5-15(13-20-16-10-11-16)19(21)18-7-3-2-6-17(18)14-8-9-14/h2-3,6-7,14-16,19-20H,4-5,8-13H2,1H3. The fourth-order valence-electron chi connectivity index (χ4n) is 4.12. The van der Waals surface area contributed by atoms with Crippen molar-refractivity contribution in [2.24, 2.45) is 5.92 Å². The van der Waals surface area contributed by atoms with Crippen LogP contribution in [0.1, 0.15) is 61.6 Å². The maximum Gasteiger partial charge on any atom is 0.0388 e. The number of likely N-dealkylation sites (tertiary alicyclic amines) is 1. The summed E-state index contributed by atoms with van der Waals surface area (Å²) in [6, 6.07) is 10.7. The highest BCUT2D eigenvalue weighted by Crippen LogP contribution is 2.46. The molecule has 1 aliphatic heterocycles. The summed E-state index contributed by atoms with van der Waals surface area (Å²) in [5.41, 5.74) is 3.28. The predicted octanol–water partition coefficient (Wildman–Crippen LogP) is 3.70. The Morgan fingerprint density at radius 1 is 1.05 bits per heavy atom. The molecule has 2 aliphatic carbocycles. The summed E-state index contributed by atoms with van der Waals surface area (Å²) in [4.78, 5) is 2.62. The summed E-state index contributed by atoms with van der Waals surface area (Å²) >= 11 is 0. The molecule has 0 radical (unpaired) electrons. The normalized spacial score (nSPS) is 30.5. The molecule has 0 aromatic heterocycles. The molecular formula is C19H28N2. The molecule has 0 amide bonds. The minimum absolute atomic E-state index is 0.627. The van der Waals surface area contributed by atoms with Gasteiger partial charge in [0.2, 0.25) is 0 Å². The van der Waals surface area contributed by atoms with Crippen LogP contribution >= 0.6 is 0 Å². The van der Waals surface area contributed by atoms with Crippen molar-refractivity contribution in [1.82, 2.24) is 10.2 Å². The maximum atomic E-state index is 3.78. The third-order valence-electron chi connectivity index (χ3n) is 5.59. The van der Waals surface area contributed by atoms with Crippen molar-refractivity contribution in [3.8, 4) is 0 Å². The van der Waals surface area contributed by atoms with E-state index in [0.29, 0.717) is 6.04 Å². The van der Waals surface area contributed by atoms with E-state index < -0.39 is 0 Å². The van der Waals surface area contributed by atoms with E-state index >= 15 is 0 Å². The Morgan fingerprint density at radius 3 is 2.52 bits per heavy atom. The molecule has 1 N–H and O–H groups in total. The monoisotopic (exact) mass is 284 g/mol. The van der Waals surface area contributed by atoms with E-state index in [1.54, 1.807) is 11.1 Å². The lowest BCUT2D eigenvalue weighted by molar-refractivity contribution is 0.118. The second-order valence-corrected chi connectivity index (χ2v) is 7.41. The van der Waals surface area contributed by atoms with Crippen molar-refractivity contribution in [3.05, 3.63) is 35.4 Å². The van der Waals surface area contributed by atoms with E-state index in [-0.39, 0.29) is 0 Å². The zero-order valence-electron chi connectivity index (χ0n) is 13.2. The van der Waals surface area contributed by atoms with Crippen LogP contribution in [0.2, 0.25) is 0 Å². The molecule has 2 nitrogen and oxygen atoms in total. The molecule has 1 aromatic carbocycles. The van der Waals surface area contributed by atoms with Gasteiger partial charge in [0, 0.05) is 18.6 Å². The lowest BCUT2D eigenvalue weighted by atomic mass is 9.82. The Hall–Kier alpha value is -0.860. The summed E-state index contributed by atoms with van der Waals surface area (Å²) in [5.74, 6) is 1.64. The summed E-state index contributed by atoms with van der Waals surface area (Å²) in [7, 11) is 2.33. The van der Waals surface area contributed by atoms with Gasteiger partial charge in [0.1, 0.15) is 0 Å². The molecule has 2 atom stereocenters. The van der Waals surface area contributed by atoms with Gasteiger partial charge in [-0.3, -0.25) is 4.90 Å². The van der Waals surface area contributed by atoms with Gasteiger partial charge in [-0.05, 0) is 75.1 Å². The molecule has 1 aromatic rings. The van der Waals surface area contributed by atoms with Gasteiger partial charge in [0.25, 0.3) is 0 Å². The molecule has 0 spiro atoms. The Morgan fingerprint density at radius 2 is 1.81 bits per heavy atom. The fourth-order valence-corrected chi connectivity index (χ4v) is 4.12. The zero-order chi connectivity index (χ0) is 14.2. The maximum absolute atomic E-state index is 3.78. The van der Waals surface area contributed by atoms with Gasteiger partial charge >= 0.3 is 0 Å². The quantitative estimate of drug-likeness (QED) is 0.887. The molecule has 2 saturated carbocycles. The summed E-state index contributed by atoms with van der Waals surface area (Å²) in [5, 5.41) is 3.78. The molecule has 3 fully saturated rings. The average Bonchev–Trinajstić information content (AvgIpc) is 3.39. The Kier molecular flexibility index (Phi) is 3.76. The minimum Gasteiger partial charge on any atom is -0.314 e. The van der Waals surface area contributed by atoms with Crippen LogP contribution in [-0.4, -0.2) is 31.1 Å². The average molecular weight is 284 g/mol. The minimum atomic E-state index is 0.627. The van der Waals surface area contributed by atoms with Crippen molar-refractivity contribution in [1.29, 1.82) is 0 Å². The molecule has 4 rings (SSSR count). The van der Waals surface area contributed by atoms with Gasteiger partial charge in [-0.1, -0.05) is 24.3 Å². The van der Waals surface area contributed by atoms with Gasteiger partial charge in [0.15, 0.2) is 0 Å². The summed E-state index contributed by atoms with van der Waals surface area (Å²) in [6.45, 7) is 2.46. The molecule has 114 valence electrons. The van der Waals surface area contributed by atoms with Crippen LogP contribution in [0.4, 0.5) is 0 Å². The van der Waals surface area contributed by atoms with E-state index in [1.165, 1.54) is 51.6 Å². The lowest BCUT2D eigenvalue weighted by Crippen LogP contribution is -2.41. The molecule has 21 heavy (non-hydrogen) atoms. The highest BCUT2D eigenvalue weighted by Gasteiger charge is 2.35. The number of hydrogen-bond acceptors (Lipinski definition) is 2. The largest absolute Gasteiger partial charge is 0.314 e. The van der Waals surface area contributed by atoms with Crippen molar-refractivity contribution >= 4 is 0 Å². The predicted molar refractivity (Wildman–Crippen MR) is 87.5 cm³/mol. The lowest BCUT2D eigenvalue weighted by Gasteiger charge is -2.40. The molecule has 2 unspecified atom stereocenters. The van der Waals surface area contributed by atoms with E-state index in [9.17, 15) is 0 Å². The van der Waals surface area contributed by atoms with Crippen LogP contribution in [-0.2, 0) is 0 Å². The molecule has 1 saturated heterocycles. The van der Waals surface area contributed by atoms with Crippen LogP contribution in [0.3, 0.4) is 0 Å². The highest BCUT2D eigenvalue weighted by molar-refractivity contribution is 5.36. The van der Waals surface area contributed by atoms with Gasteiger partial charge in [-0.25, -0.2) is 0 Å². The van der Waals surface area contributed by atoms with Crippen LogP contribution in [0, 0.1) is 5.92 Å². The second-order valence-electron chi connectivity index (χ2n) is 7.41. The smallest absolute Gasteiger partial charge is 0.0388 e. The van der Waals surface area contributed by atoms with Crippen LogP contribution < -0.4 is 5.32 Å². The number of rotatable bonds is 5. The number of piperidine rings is 1. The van der Waals surface area contributed by atoms with Crippen LogP contribution in [0.15, 0.2) is 24.3 Å². The Labute approximate surface area is 128 Å². The highest BCUT2D eigenvalue weighted by atomic mass is 15.1. The Bertz CT molecular complexity index is 490. The van der Waals surface area contributed by atoms with Gasteiger partial charge < -0.3 is 5.32 Å². The SMILES string of the molecule is CN1CCCC(CNC2CC2)C1c1ccccc1C1CC1. The van der Waals surface area contributed by atoms with Crippen molar-refractivity contribution < 1.29 is 0 Å². The van der Waals surface area contributed by atoms with Crippen molar-refractivity contribution in [3.63, 3.8) is 0 Å². The first-order valence-electron chi connectivity index (χ1n) is 8.85. The van der Waals surface area contributed by atoms with Gasteiger partial charge in [-0.15, -0.1) is 0 Å². The van der Waals surface area contributed by atoms with Crippen LogP contribution in [0.5, 0.6) is 0 Å². The third kappa shape index (κ3) is 3.02. The molecular weight excluding hydrogens is 256 g/mol. The Balaban J connectivity index is 1.58. The van der Waals surface area contributed by atoms with E-state index in [0.717, 1.165) is 17.9 Å². The summed E-state index contributed by atoms with van der Waals surface area (Å²) in [6.07, 6.45) is 8.33. The number of nitrogens with zero attached hydrogens (tertiary/aromatic N) is 1.